The Bertz CT molecular complexity index is 164. The third-order valence-corrected chi connectivity index (χ3v) is 3.78. The number of hydrogen-bond donors (Lipinski definition) is 2. The second kappa shape index (κ2) is 5.13. The molecular weight excluding hydrogens is 174 g/mol. The molecule has 2 atom stereocenters. The van der Waals surface area contributed by atoms with Crippen LogP contribution in [-0.2, 0) is 0 Å². The van der Waals surface area contributed by atoms with Crippen molar-refractivity contribution in [1.82, 2.24) is 5.32 Å². The quantitative estimate of drug-likeness (QED) is 0.712. The Labute approximate surface area is 88.1 Å². The average molecular weight is 199 g/mol. The summed E-state index contributed by atoms with van der Waals surface area (Å²) in [7, 11) is 0. The topological polar surface area (TPSA) is 32.3 Å². The predicted octanol–water partition coefficient (Wildman–Crippen LogP) is 2.32. The molecule has 0 aliphatic heterocycles. The molecule has 1 aliphatic rings. The van der Waals surface area contributed by atoms with Crippen molar-refractivity contribution in [1.29, 1.82) is 0 Å². The van der Waals surface area contributed by atoms with Crippen LogP contribution >= 0.6 is 0 Å². The maximum Gasteiger partial charge on any atom is 0.0771 e. The fourth-order valence-electron chi connectivity index (χ4n) is 2.12. The lowest BCUT2D eigenvalue weighted by Gasteiger charge is -2.27. The SMILES string of the molecule is CCC(C)C(C)NCC1(O)CCCC1. The zero-order valence-corrected chi connectivity index (χ0v) is 9.84. The number of hydrogen-bond acceptors (Lipinski definition) is 2. The molecular formula is C12H25NO. The lowest BCUT2D eigenvalue weighted by molar-refractivity contribution is 0.0435. The second-order valence-electron chi connectivity index (χ2n) is 4.99. The van der Waals surface area contributed by atoms with Crippen LogP contribution in [0.4, 0.5) is 0 Å². The van der Waals surface area contributed by atoms with Crippen LogP contribution < -0.4 is 5.32 Å². The Kier molecular flexibility index (Phi) is 4.39. The average Bonchev–Trinajstić information content (AvgIpc) is 2.61. The maximum atomic E-state index is 10.1. The summed E-state index contributed by atoms with van der Waals surface area (Å²) in [6, 6.07) is 0.518. The standard InChI is InChI=1S/C12H25NO/c1-4-10(2)11(3)13-9-12(14)7-5-6-8-12/h10-11,13-14H,4-9H2,1-3H3. The van der Waals surface area contributed by atoms with Gasteiger partial charge in [0.25, 0.3) is 0 Å². The van der Waals surface area contributed by atoms with E-state index in [0.29, 0.717) is 12.0 Å². The van der Waals surface area contributed by atoms with E-state index in [1.54, 1.807) is 0 Å². The molecule has 0 amide bonds. The van der Waals surface area contributed by atoms with E-state index < -0.39 is 5.60 Å². The molecule has 0 heterocycles. The molecule has 2 heteroatoms. The molecule has 1 aliphatic carbocycles. The number of aliphatic hydroxyl groups is 1. The molecule has 0 aromatic carbocycles. The monoisotopic (exact) mass is 199 g/mol. The fourth-order valence-corrected chi connectivity index (χ4v) is 2.12. The molecule has 0 aromatic rings. The van der Waals surface area contributed by atoms with Crippen molar-refractivity contribution < 1.29 is 5.11 Å². The second-order valence-corrected chi connectivity index (χ2v) is 4.99. The predicted molar refractivity (Wildman–Crippen MR) is 60.3 cm³/mol. The van der Waals surface area contributed by atoms with E-state index >= 15 is 0 Å². The summed E-state index contributed by atoms with van der Waals surface area (Å²) in [5, 5.41) is 13.6. The first-order chi connectivity index (χ1) is 6.57. The molecule has 0 bridgehead atoms. The van der Waals surface area contributed by atoms with Crippen LogP contribution in [0.3, 0.4) is 0 Å². The Morgan fingerprint density at radius 2 is 1.86 bits per heavy atom. The van der Waals surface area contributed by atoms with Gasteiger partial charge in [-0.15, -0.1) is 0 Å². The van der Waals surface area contributed by atoms with E-state index in [1.807, 2.05) is 0 Å². The fraction of sp³-hybridized carbons (Fsp3) is 1.00. The highest BCUT2D eigenvalue weighted by atomic mass is 16.3. The Balaban J connectivity index is 2.25. The molecule has 1 rings (SSSR count). The van der Waals surface area contributed by atoms with Gasteiger partial charge < -0.3 is 10.4 Å². The normalized spacial score (nSPS) is 24.9. The van der Waals surface area contributed by atoms with Gasteiger partial charge in [-0.1, -0.05) is 33.1 Å². The largest absolute Gasteiger partial charge is 0.389 e. The Morgan fingerprint density at radius 3 is 2.36 bits per heavy atom. The zero-order valence-electron chi connectivity index (χ0n) is 9.84. The van der Waals surface area contributed by atoms with Crippen molar-refractivity contribution in [2.75, 3.05) is 6.54 Å². The van der Waals surface area contributed by atoms with Gasteiger partial charge in [0.05, 0.1) is 5.60 Å². The van der Waals surface area contributed by atoms with Crippen LogP contribution in [0, 0.1) is 5.92 Å². The summed E-state index contributed by atoms with van der Waals surface area (Å²) in [4.78, 5) is 0. The molecule has 0 spiro atoms. The number of nitrogens with one attached hydrogen (secondary N) is 1. The summed E-state index contributed by atoms with van der Waals surface area (Å²) in [5.74, 6) is 0.694. The summed E-state index contributed by atoms with van der Waals surface area (Å²) < 4.78 is 0. The van der Waals surface area contributed by atoms with Gasteiger partial charge in [0.2, 0.25) is 0 Å². The van der Waals surface area contributed by atoms with Crippen molar-refractivity contribution in [3.05, 3.63) is 0 Å². The molecule has 0 aromatic heterocycles. The van der Waals surface area contributed by atoms with E-state index in [2.05, 4.69) is 26.1 Å². The smallest absolute Gasteiger partial charge is 0.0771 e. The lowest BCUT2D eigenvalue weighted by Crippen LogP contribution is -2.43. The molecule has 14 heavy (non-hydrogen) atoms. The molecule has 84 valence electrons. The van der Waals surface area contributed by atoms with E-state index in [9.17, 15) is 5.11 Å². The van der Waals surface area contributed by atoms with Crippen LogP contribution in [0.1, 0.15) is 52.9 Å². The molecule has 2 N–H and O–H groups in total. The van der Waals surface area contributed by atoms with Crippen molar-refractivity contribution >= 4 is 0 Å². The van der Waals surface area contributed by atoms with Crippen LogP contribution in [0.15, 0.2) is 0 Å². The van der Waals surface area contributed by atoms with E-state index in [1.165, 1.54) is 19.3 Å². The van der Waals surface area contributed by atoms with Gasteiger partial charge >= 0.3 is 0 Å². The summed E-state index contributed by atoms with van der Waals surface area (Å²) in [6.07, 6.45) is 5.54. The van der Waals surface area contributed by atoms with Crippen molar-refractivity contribution in [2.45, 2.75) is 64.5 Å². The minimum Gasteiger partial charge on any atom is -0.389 e. The lowest BCUT2D eigenvalue weighted by atomic mass is 9.98. The van der Waals surface area contributed by atoms with Crippen molar-refractivity contribution in [3.63, 3.8) is 0 Å². The summed E-state index contributed by atoms with van der Waals surface area (Å²) in [5.41, 5.74) is -0.401. The molecule has 2 unspecified atom stereocenters. The minimum absolute atomic E-state index is 0.401. The maximum absolute atomic E-state index is 10.1. The molecule has 0 radical (unpaired) electrons. The van der Waals surface area contributed by atoms with Gasteiger partial charge in [0.1, 0.15) is 0 Å². The van der Waals surface area contributed by atoms with E-state index in [-0.39, 0.29) is 0 Å². The first kappa shape index (κ1) is 12.0. The van der Waals surface area contributed by atoms with E-state index in [4.69, 9.17) is 0 Å². The van der Waals surface area contributed by atoms with Crippen LogP contribution in [-0.4, -0.2) is 23.3 Å². The van der Waals surface area contributed by atoms with Crippen LogP contribution in [0.25, 0.3) is 0 Å². The first-order valence-electron chi connectivity index (χ1n) is 6.03. The van der Waals surface area contributed by atoms with Crippen LogP contribution in [0.5, 0.6) is 0 Å². The van der Waals surface area contributed by atoms with Gasteiger partial charge in [0, 0.05) is 12.6 Å². The highest BCUT2D eigenvalue weighted by Crippen LogP contribution is 2.28. The highest BCUT2D eigenvalue weighted by Gasteiger charge is 2.31. The van der Waals surface area contributed by atoms with E-state index in [0.717, 1.165) is 19.4 Å². The summed E-state index contributed by atoms with van der Waals surface area (Å²) >= 11 is 0. The molecule has 1 saturated carbocycles. The van der Waals surface area contributed by atoms with Gasteiger partial charge in [-0.25, -0.2) is 0 Å². The third kappa shape index (κ3) is 3.25. The van der Waals surface area contributed by atoms with Gasteiger partial charge in [-0.3, -0.25) is 0 Å². The summed E-state index contributed by atoms with van der Waals surface area (Å²) in [6.45, 7) is 7.47. The van der Waals surface area contributed by atoms with Crippen molar-refractivity contribution in [2.24, 2.45) is 5.92 Å². The van der Waals surface area contributed by atoms with Gasteiger partial charge in [-0.05, 0) is 25.7 Å². The molecule has 0 saturated heterocycles. The van der Waals surface area contributed by atoms with Gasteiger partial charge in [-0.2, -0.15) is 0 Å². The third-order valence-electron chi connectivity index (χ3n) is 3.78. The first-order valence-corrected chi connectivity index (χ1v) is 6.03. The van der Waals surface area contributed by atoms with Crippen molar-refractivity contribution in [3.8, 4) is 0 Å². The zero-order chi connectivity index (χ0) is 10.6. The Morgan fingerprint density at radius 1 is 1.29 bits per heavy atom. The minimum atomic E-state index is -0.401. The highest BCUT2D eigenvalue weighted by molar-refractivity contribution is 4.87. The Hall–Kier alpha value is -0.0800. The number of rotatable bonds is 5. The van der Waals surface area contributed by atoms with Crippen LogP contribution in [0.2, 0.25) is 0 Å². The molecule has 1 fully saturated rings. The molecule has 2 nitrogen and oxygen atoms in total. The van der Waals surface area contributed by atoms with Gasteiger partial charge in [0.15, 0.2) is 0 Å².